The number of nitrogens with one attached hydrogen (secondary N) is 1. The second-order valence-corrected chi connectivity index (χ2v) is 9.69. The number of aryl methyl sites for hydroxylation is 1. The number of hydrogen-bond donors (Lipinski definition) is 1. The fraction of sp³-hybridized carbons (Fsp3) is 0.393. The van der Waals surface area contributed by atoms with Crippen LogP contribution in [0.15, 0.2) is 67.0 Å². The summed E-state index contributed by atoms with van der Waals surface area (Å²) in [4.78, 5) is 28.1. The van der Waals surface area contributed by atoms with Crippen molar-refractivity contribution < 1.29 is 14.0 Å². The molecule has 2 aromatic carbocycles. The van der Waals surface area contributed by atoms with Gasteiger partial charge >= 0.3 is 0 Å². The van der Waals surface area contributed by atoms with Crippen molar-refractivity contribution in [3.8, 4) is 0 Å². The zero-order valence-corrected chi connectivity index (χ0v) is 20.7. The van der Waals surface area contributed by atoms with Crippen LogP contribution in [0.1, 0.15) is 67.4 Å². The summed E-state index contributed by atoms with van der Waals surface area (Å²) in [5.74, 6) is -0.274. The Balaban J connectivity index is 1.58. The number of carbonyl (C=O) groups excluding carboxylic acids is 2. The molecule has 7 heteroatoms. The number of halogens is 1. The number of hydrogen-bond acceptors (Lipinski definition) is 3. The van der Waals surface area contributed by atoms with Gasteiger partial charge in [-0.3, -0.25) is 14.3 Å². The minimum Gasteiger partial charge on any atom is -0.343 e. The van der Waals surface area contributed by atoms with Gasteiger partial charge in [-0.1, -0.05) is 68.4 Å². The lowest BCUT2D eigenvalue weighted by molar-refractivity contribution is -0.141. The lowest BCUT2D eigenvalue weighted by Gasteiger charge is -2.29. The molecule has 0 saturated carbocycles. The summed E-state index contributed by atoms with van der Waals surface area (Å²) < 4.78 is 16.1. The van der Waals surface area contributed by atoms with Crippen molar-refractivity contribution in [2.75, 3.05) is 6.54 Å². The Hall–Kier alpha value is -3.48. The van der Waals surface area contributed by atoms with Crippen molar-refractivity contribution in [2.45, 2.75) is 64.3 Å². The topological polar surface area (TPSA) is 67.2 Å². The third-order valence-electron chi connectivity index (χ3n) is 6.68. The van der Waals surface area contributed by atoms with Gasteiger partial charge in [-0.25, -0.2) is 4.39 Å². The Morgan fingerprint density at radius 3 is 2.23 bits per heavy atom. The van der Waals surface area contributed by atoms with Gasteiger partial charge in [0.15, 0.2) is 0 Å². The Bertz CT molecular complexity index is 1160. The van der Waals surface area contributed by atoms with Crippen LogP contribution in [-0.4, -0.2) is 45.3 Å². The molecule has 1 aromatic heterocycles. The van der Waals surface area contributed by atoms with E-state index in [0.717, 1.165) is 16.7 Å². The van der Waals surface area contributed by atoms with Gasteiger partial charge in [-0.2, -0.15) is 5.10 Å². The summed E-state index contributed by atoms with van der Waals surface area (Å²) in [6, 6.07) is 15.9. The lowest BCUT2D eigenvalue weighted by Crippen LogP contribution is -2.48. The molecular weight excluding hydrogens is 443 g/mol. The summed E-state index contributed by atoms with van der Waals surface area (Å²) in [6.07, 6.45) is 2.18. The number of aromatic nitrogens is 2. The maximum atomic E-state index is 14.5. The van der Waals surface area contributed by atoms with E-state index in [0.29, 0.717) is 5.92 Å². The summed E-state index contributed by atoms with van der Waals surface area (Å²) in [5.41, 5.74) is 3.99. The quantitative estimate of drug-likeness (QED) is 0.537. The van der Waals surface area contributed by atoms with Crippen molar-refractivity contribution in [3.05, 3.63) is 89.2 Å². The predicted octanol–water partition coefficient (Wildman–Crippen LogP) is 4.72. The highest BCUT2D eigenvalue weighted by Crippen LogP contribution is 2.28. The van der Waals surface area contributed by atoms with Crippen LogP contribution in [0.4, 0.5) is 4.39 Å². The third-order valence-corrected chi connectivity index (χ3v) is 6.68. The van der Waals surface area contributed by atoms with Gasteiger partial charge in [0.2, 0.25) is 11.8 Å². The number of rotatable bonds is 7. The van der Waals surface area contributed by atoms with E-state index < -0.39 is 24.3 Å². The van der Waals surface area contributed by atoms with Crippen LogP contribution in [0, 0.1) is 6.92 Å². The average molecular weight is 477 g/mol. The molecule has 1 N–H and O–H groups in total. The SMILES string of the molecule is Cc1cnn(C(C)C(=O)N2CC(F)CC2C(=O)NC(c2ccccc2)c2ccc(C(C)C)cc2)c1. The minimum absolute atomic E-state index is 0.0176. The largest absolute Gasteiger partial charge is 0.343 e. The minimum atomic E-state index is -1.25. The molecule has 0 radical (unpaired) electrons. The number of benzene rings is 2. The first kappa shape index (κ1) is 24.6. The number of amides is 2. The average Bonchev–Trinajstić information content (AvgIpc) is 3.47. The van der Waals surface area contributed by atoms with E-state index in [-0.39, 0.29) is 24.8 Å². The van der Waals surface area contributed by atoms with E-state index in [2.05, 4.69) is 36.4 Å². The highest BCUT2D eigenvalue weighted by molar-refractivity contribution is 5.90. The van der Waals surface area contributed by atoms with E-state index in [1.807, 2.05) is 49.4 Å². The molecule has 0 bridgehead atoms. The molecule has 0 spiro atoms. The Morgan fingerprint density at radius 2 is 1.63 bits per heavy atom. The molecule has 2 amide bonds. The fourth-order valence-electron chi connectivity index (χ4n) is 4.59. The Morgan fingerprint density at radius 1 is 1.00 bits per heavy atom. The second-order valence-electron chi connectivity index (χ2n) is 9.69. The summed E-state index contributed by atoms with van der Waals surface area (Å²) in [7, 11) is 0. The number of carbonyl (C=O) groups is 2. The first-order valence-electron chi connectivity index (χ1n) is 12.1. The van der Waals surface area contributed by atoms with E-state index in [1.54, 1.807) is 24.0 Å². The van der Waals surface area contributed by atoms with Crippen LogP contribution in [0.25, 0.3) is 0 Å². The van der Waals surface area contributed by atoms with Crippen molar-refractivity contribution in [1.82, 2.24) is 20.0 Å². The molecule has 6 nitrogen and oxygen atoms in total. The Labute approximate surface area is 206 Å². The molecule has 1 aliphatic heterocycles. The van der Waals surface area contributed by atoms with Crippen LogP contribution in [0.5, 0.6) is 0 Å². The number of nitrogens with zero attached hydrogens (tertiary/aromatic N) is 3. The first-order chi connectivity index (χ1) is 16.7. The molecule has 4 rings (SSSR count). The van der Waals surface area contributed by atoms with Crippen LogP contribution in [0.2, 0.25) is 0 Å². The van der Waals surface area contributed by atoms with Gasteiger partial charge in [-0.15, -0.1) is 0 Å². The highest BCUT2D eigenvalue weighted by Gasteiger charge is 2.42. The van der Waals surface area contributed by atoms with Crippen molar-refractivity contribution in [1.29, 1.82) is 0 Å². The van der Waals surface area contributed by atoms with Crippen LogP contribution >= 0.6 is 0 Å². The summed E-state index contributed by atoms with van der Waals surface area (Å²) in [5, 5.41) is 7.33. The maximum absolute atomic E-state index is 14.5. The van der Waals surface area contributed by atoms with E-state index in [9.17, 15) is 14.0 Å². The van der Waals surface area contributed by atoms with Gasteiger partial charge in [0.05, 0.1) is 18.8 Å². The van der Waals surface area contributed by atoms with Gasteiger partial charge in [0, 0.05) is 12.6 Å². The summed E-state index contributed by atoms with van der Waals surface area (Å²) >= 11 is 0. The Kier molecular flexibility index (Phi) is 7.34. The smallest absolute Gasteiger partial charge is 0.247 e. The van der Waals surface area contributed by atoms with Gasteiger partial charge in [-0.05, 0) is 42.0 Å². The van der Waals surface area contributed by atoms with Gasteiger partial charge in [0.1, 0.15) is 18.3 Å². The molecule has 1 saturated heterocycles. The van der Waals surface area contributed by atoms with Crippen molar-refractivity contribution in [2.24, 2.45) is 0 Å². The lowest BCUT2D eigenvalue weighted by atomic mass is 9.95. The summed E-state index contributed by atoms with van der Waals surface area (Å²) in [6.45, 7) is 7.78. The number of alkyl halides is 1. The van der Waals surface area contributed by atoms with Crippen molar-refractivity contribution >= 4 is 11.8 Å². The molecule has 1 aliphatic rings. The predicted molar refractivity (Wildman–Crippen MR) is 134 cm³/mol. The fourth-order valence-corrected chi connectivity index (χ4v) is 4.59. The molecule has 2 heterocycles. The van der Waals surface area contributed by atoms with Crippen LogP contribution in [-0.2, 0) is 9.59 Å². The molecule has 4 atom stereocenters. The van der Waals surface area contributed by atoms with Crippen LogP contribution < -0.4 is 5.32 Å². The standard InChI is InChI=1S/C28H33FN4O2/c1-18(2)21-10-12-23(13-11-21)26(22-8-6-5-7-9-22)31-27(34)25-14-24(29)17-32(25)28(35)20(4)33-16-19(3)15-30-33/h5-13,15-16,18,20,24-26H,14,17H2,1-4H3,(H,31,34). The van der Waals surface area contributed by atoms with Gasteiger partial charge < -0.3 is 10.2 Å². The van der Waals surface area contributed by atoms with E-state index in [1.165, 1.54) is 10.5 Å². The first-order valence-corrected chi connectivity index (χ1v) is 12.1. The zero-order valence-electron chi connectivity index (χ0n) is 20.7. The molecule has 0 aliphatic carbocycles. The monoisotopic (exact) mass is 476 g/mol. The highest BCUT2D eigenvalue weighted by atomic mass is 19.1. The van der Waals surface area contributed by atoms with E-state index in [4.69, 9.17) is 0 Å². The maximum Gasteiger partial charge on any atom is 0.247 e. The molecule has 1 fully saturated rings. The van der Waals surface area contributed by atoms with Crippen LogP contribution in [0.3, 0.4) is 0 Å². The third kappa shape index (κ3) is 5.45. The second kappa shape index (κ2) is 10.4. The normalized spacial score (nSPS) is 19.5. The zero-order chi connectivity index (χ0) is 25.1. The molecule has 3 aromatic rings. The molecule has 184 valence electrons. The molecule has 35 heavy (non-hydrogen) atoms. The molecule has 4 unspecified atom stereocenters. The van der Waals surface area contributed by atoms with Crippen molar-refractivity contribution in [3.63, 3.8) is 0 Å². The van der Waals surface area contributed by atoms with Gasteiger partial charge in [0.25, 0.3) is 0 Å². The van der Waals surface area contributed by atoms with E-state index >= 15 is 0 Å². The molecular formula is C28H33FN4O2. The number of likely N-dealkylation sites (tertiary alicyclic amines) is 1.